The number of carbonyl (C=O) groups is 1. The Morgan fingerprint density at radius 2 is 1.89 bits per heavy atom. The maximum Gasteiger partial charge on any atom is 0.459 e. The minimum absolute atomic E-state index is 0.0811. The topological polar surface area (TPSA) is 204 Å². The van der Waals surface area contributed by atoms with E-state index in [4.69, 9.17) is 24.3 Å². The molecule has 1 unspecified atom stereocenters. The second-order valence-electron chi connectivity index (χ2n) is 9.92. The zero-order chi connectivity index (χ0) is 31.3. The van der Waals surface area contributed by atoms with Gasteiger partial charge in [-0.3, -0.25) is 9.32 Å². The highest BCUT2D eigenvalue weighted by molar-refractivity contribution is 7.52. The molecular formula is C29H31N6O8P. The van der Waals surface area contributed by atoms with Crippen LogP contribution in [0.5, 0.6) is 5.75 Å². The summed E-state index contributed by atoms with van der Waals surface area (Å²) in [5.41, 5.74) is 5.02. The lowest BCUT2D eigenvalue weighted by Gasteiger charge is -2.26. The molecule has 44 heavy (non-hydrogen) atoms. The number of nitrogen functional groups attached to an aromatic ring is 1. The Bertz CT molecular complexity index is 1680. The first kappa shape index (κ1) is 31.1. The summed E-state index contributed by atoms with van der Waals surface area (Å²) in [6.07, 6.45) is -3.51. The number of rotatable bonds is 12. The van der Waals surface area contributed by atoms with E-state index in [-0.39, 0.29) is 30.3 Å². The quantitative estimate of drug-likeness (QED) is 0.132. The maximum absolute atomic E-state index is 14.2. The number of benzene rings is 2. The molecule has 3 heterocycles. The van der Waals surface area contributed by atoms with Crippen molar-refractivity contribution in [3.05, 3.63) is 90.4 Å². The van der Waals surface area contributed by atoms with Gasteiger partial charge in [-0.05, 0) is 43.2 Å². The molecule has 1 saturated heterocycles. The van der Waals surface area contributed by atoms with Gasteiger partial charge < -0.3 is 29.9 Å². The number of carbonyl (C=O) groups excluding carboxylic acids is 1. The predicted molar refractivity (Wildman–Crippen MR) is 156 cm³/mol. The van der Waals surface area contributed by atoms with Gasteiger partial charge in [0.25, 0.3) is 0 Å². The lowest BCUT2D eigenvalue weighted by molar-refractivity contribution is -0.145. The van der Waals surface area contributed by atoms with Crippen molar-refractivity contribution in [1.82, 2.24) is 19.7 Å². The molecule has 4 aromatic rings. The molecule has 5 N–H and O–H groups in total. The monoisotopic (exact) mass is 622 g/mol. The van der Waals surface area contributed by atoms with E-state index in [1.165, 1.54) is 16.9 Å². The molecule has 0 aliphatic carbocycles. The van der Waals surface area contributed by atoms with Gasteiger partial charge in [-0.2, -0.15) is 15.4 Å². The molecule has 0 saturated carbocycles. The van der Waals surface area contributed by atoms with Gasteiger partial charge in [-0.25, -0.2) is 14.1 Å². The van der Waals surface area contributed by atoms with Crippen LogP contribution < -0.4 is 15.3 Å². The van der Waals surface area contributed by atoms with Crippen molar-refractivity contribution in [2.45, 2.75) is 43.3 Å². The molecule has 2 aromatic carbocycles. The molecule has 6 atom stereocenters. The molecule has 1 fully saturated rings. The Labute approximate surface area is 252 Å². The van der Waals surface area contributed by atoms with E-state index in [1.54, 1.807) is 67.6 Å². The standard InChI is InChI=1S/C29H31N6O8P/c1-2-40-28(38)21(15-19-9-5-3-6-10-19)34-44(39,43-20-11-7-4-8-12-20)41-16-23-25(36)26(37)29(17-30,42-23)24-14-13-22-27(31)32-18-33-35(22)24/h3-14,18,21,23,25-26,36-37H,2,15-16H2,1H3,(H,34,39)(H2,31,32,33)/t21-,23+,25+,26+,29-,44?/m0/s1. The summed E-state index contributed by atoms with van der Waals surface area (Å²) < 4.78 is 38.2. The molecule has 0 spiro atoms. The zero-order valence-corrected chi connectivity index (χ0v) is 24.5. The maximum atomic E-state index is 14.2. The summed E-state index contributed by atoms with van der Waals surface area (Å²) in [7, 11) is -4.42. The molecule has 0 radical (unpaired) electrons. The third-order valence-electron chi connectivity index (χ3n) is 7.03. The Kier molecular flexibility index (Phi) is 9.26. The summed E-state index contributed by atoms with van der Waals surface area (Å²) in [5.74, 6) is -0.389. The number of anilines is 1. The van der Waals surface area contributed by atoms with Crippen molar-refractivity contribution in [3.63, 3.8) is 0 Å². The van der Waals surface area contributed by atoms with Crippen LogP contribution in [0.3, 0.4) is 0 Å². The van der Waals surface area contributed by atoms with Gasteiger partial charge in [0, 0.05) is 0 Å². The largest absolute Gasteiger partial charge is 0.465 e. The molecular weight excluding hydrogens is 591 g/mol. The van der Waals surface area contributed by atoms with Gasteiger partial charge >= 0.3 is 13.7 Å². The average Bonchev–Trinajstić information content (AvgIpc) is 3.57. The van der Waals surface area contributed by atoms with E-state index in [0.29, 0.717) is 5.52 Å². The van der Waals surface area contributed by atoms with Crippen LogP contribution in [-0.4, -0.2) is 68.3 Å². The third kappa shape index (κ3) is 6.29. The van der Waals surface area contributed by atoms with E-state index in [2.05, 4.69) is 15.2 Å². The number of nitrogens with one attached hydrogen (secondary N) is 1. The number of fused-ring (bicyclic) bond motifs is 1. The summed E-state index contributed by atoms with van der Waals surface area (Å²) in [5, 5.41) is 39.0. The van der Waals surface area contributed by atoms with Gasteiger partial charge in [-0.15, -0.1) is 0 Å². The average molecular weight is 623 g/mol. The van der Waals surface area contributed by atoms with Crippen LogP contribution in [0.1, 0.15) is 18.2 Å². The van der Waals surface area contributed by atoms with Crippen LogP contribution in [0.2, 0.25) is 0 Å². The number of nitrogens with zero attached hydrogens (tertiary/aromatic N) is 4. The molecule has 0 bridgehead atoms. The molecule has 15 heteroatoms. The molecule has 1 aliphatic heterocycles. The number of aliphatic hydroxyl groups is 2. The molecule has 230 valence electrons. The molecule has 2 aromatic heterocycles. The number of ether oxygens (including phenoxy) is 2. The van der Waals surface area contributed by atoms with Crippen LogP contribution >= 0.6 is 7.75 Å². The van der Waals surface area contributed by atoms with E-state index in [0.717, 1.165) is 5.56 Å². The summed E-state index contributed by atoms with van der Waals surface area (Å²) >= 11 is 0. The fraction of sp³-hybridized carbons (Fsp3) is 0.310. The Balaban J connectivity index is 1.42. The minimum atomic E-state index is -4.42. The lowest BCUT2D eigenvalue weighted by Crippen LogP contribution is -2.41. The zero-order valence-electron chi connectivity index (χ0n) is 23.6. The second-order valence-corrected chi connectivity index (χ2v) is 11.6. The normalized spacial score (nSPS) is 23.5. The molecule has 5 rings (SSSR count). The number of hydrogen-bond acceptors (Lipinski definition) is 12. The Hall–Kier alpha value is -4.35. The van der Waals surface area contributed by atoms with Crippen LogP contribution in [0.15, 0.2) is 79.1 Å². The van der Waals surface area contributed by atoms with E-state index < -0.39 is 50.3 Å². The summed E-state index contributed by atoms with van der Waals surface area (Å²) in [4.78, 5) is 16.9. The summed E-state index contributed by atoms with van der Waals surface area (Å²) in [6, 6.07) is 21.0. The number of para-hydroxylation sites is 1. The van der Waals surface area contributed by atoms with Crippen molar-refractivity contribution < 1.29 is 38.1 Å². The number of nitriles is 1. The van der Waals surface area contributed by atoms with Crippen molar-refractivity contribution in [2.24, 2.45) is 0 Å². The Morgan fingerprint density at radius 1 is 1.18 bits per heavy atom. The van der Waals surface area contributed by atoms with Crippen LogP contribution in [-0.2, 0) is 35.4 Å². The smallest absolute Gasteiger partial charge is 0.459 e. The molecule has 0 amide bonds. The van der Waals surface area contributed by atoms with Gasteiger partial charge in [0.15, 0.2) is 5.82 Å². The number of aromatic nitrogens is 3. The van der Waals surface area contributed by atoms with Crippen LogP contribution in [0, 0.1) is 11.3 Å². The van der Waals surface area contributed by atoms with Gasteiger partial charge in [0.2, 0.25) is 5.60 Å². The molecule has 14 nitrogen and oxygen atoms in total. The van der Waals surface area contributed by atoms with Gasteiger partial charge in [0.05, 0.1) is 18.9 Å². The number of nitrogens with two attached hydrogens (primary N) is 1. The van der Waals surface area contributed by atoms with Crippen LogP contribution in [0.25, 0.3) is 5.52 Å². The number of aliphatic hydroxyl groups excluding tert-OH is 2. The number of esters is 1. The minimum Gasteiger partial charge on any atom is -0.465 e. The van der Waals surface area contributed by atoms with E-state index >= 15 is 0 Å². The van der Waals surface area contributed by atoms with Crippen molar-refractivity contribution >= 4 is 25.1 Å². The fourth-order valence-electron chi connectivity index (χ4n) is 4.90. The van der Waals surface area contributed by atoms with Crippen LogP contribution in [0.4, 0.5) is 5.82 Å². The van der Waals surface area contributed by atoms with Crippen molar-refractivity contribution in [2.75, 3.05) is 18.9 Å². The fourth-order valence-corrected chi connectivity index (χ4v) is 6.40. The Morgan fingerprint density at radius 3 is 2.57 bits per heavy atom. The van der Waals surface area contributed by atoms with E-state index in [1.807, 2.05) is 12.1 Å². The number of hydrogen-bond donors (Lipinski definition) is 4. The van der Waals surface area contributed by atoms with Gasteiger partial charge in [-0.1, -0.05) is 48.5 Å². The van der Waals surface area contributed by atoms with Gasteiger partial charge in [0.1, 0.15) is 48.0 Å². The third-order valence-corrected chi connectivity index (χ3v) is 8.60. The summed E-state index contributed by atoms with van der Waals surface area (Å²) in [6.45, 7) is 1.12. The lowest BCUT2D eigenvalue weighted by atomic mass is 9.92. The molecule has 1 aliphatic rings. The first-order chi connectivity index (χ1) is 21.2. The highest BCUT2D eigenvalue weighted by Gasteiger charge is 2.58. The first-order valence-corrected chi connectivity index (χ1v) is 15.3. The SMILES string of the molecule is CCOC(=O)[C@H](Cc1ccccc1)NP(=O)(OC[C@H]1O[C@@](C#N)(c2ccc3c(N)ncnn23)[C@H](O)[C@@H]1O)Oc1ccccc1. The highest BCUT2D eigenvalue weighted by atomic mass is 31.2. The second kappa shape index (κ2) is 13.1. The predicted octanol–water partition coefficient (Wildman–Crippen LogP) is 2.12. The first-order valence-electron chi connectivity index (χ1n) is 13.7. The van der Waals surface area contributed by atoms with E-state index in [9.17, 15) is 24.8 Å². The highest BCUT2D eigenvalue weighted by Crippen LogP contribution is 2.47. The van der Waals surface area contributed by atoms with Crippen molar-refractivity contribution in [3.8, 4) is 11.8 Å². The van der Waals surface area contributed by atoms with Crippen molar-refractivity contribution in [1.29, 1.82) is 5.26 Å².